The van der Waals surface area contributed by atoms with E-state index in [1.165, 1.54) is 0 Å². The summed E-state index contributed by atoms with van der Waals surface area (Å²) in [6.45, 7) is 6.05. The van der Waals surface area contributed by atoms with E-state index in [4.69, 9.17) is 0 Å². The maximum absolute atomic E-state index is 12.8. The van der Waals surface area contributed by atoms with Gasteiger partial charge < -0.3 is 0 Å². The summed E-state index contributed by atoms with van der Waals surface area (Å²) in [5.41, 5.74) is 0. The molecule has 0 nitrogen and oxygen atoms in total. The van der Waals surface area contributed by atoms with Crippen molar-refractivity contribution in [2.75, 3.05) is 0 Å². The second-order valence-corrected chi connectivity index (χ2v) is 12.7. The smallest absolute Gasteiger partial charge is 0.239 e. The summed E-state index contributed by atoms with van der Waals surface area (Å²) in [5.74, 6) is 0. The van der Waals surface area contributed by atoms with Gasteiger partial charge in [-0.05, 0) is 18.0 Å². The monoisotopic (exact) mass is 344 g/mol. The van der Waals surface area contributed by atoms with E-state index in [2.05, 4.69) is 11.6 Å². The average molecular weight is 345 g/mol. The minimum absolute atomic E-state index is 0.0234. The van der Waals surface area contributed by atoms with Crippen LogP contribution in [0, 0.1) is 0 Å². The molecule has 0 heterocycles. The van der Waals surface area contributed by atoms with Gasteiger partial charge in [0.2, 0.25) is 0 Å². The minimum atomic E-state index is -3.72. The number of rotatable bonds is 4. The number of halogens is 5. The van der Waals surface area contributed by atoms with E-state index >= 15 is 0 Å². The average Bonchev–Trinajstić information content (AvgIpc) is 1.82. The van der Waals surface area contributed by atoms with E-state index in [9.17, 15) is 13.2 Å². The Kier molecular flexibility index (Phi) is 5.07. The number of alkyl halides is 5. The summed E-state index contributed by atoms with van der Waals surface area (Å²) < 4.78 is 37.3. The molecule has 13 heavy (non-hydrogen) atoms. The Bertz CT molecular complexity index is 148. The van der Waals surface area contributed by atoms with Crippen molar-refractivity contribution in [3.63, 3.8) is 0 Å². The van der Waals surface area contributed by atoms with Gasteiger partial charge in [-0.1, -0.05) is 42.2 Å². The van der Waals surface area contributed by atoms with Crippen molar-refractivity contribution in [3.05, 3.63) is 0 Å². The third-order valence-electron chi connectivity index (χ3n) is 1.71. The van der Waals surface area contributed by atoms with Crippen molar-refractivity contribution in [1.82, 2.24) is 0 Å². The van der Waals surface area contributed by atoms with Crippen LogP contribution in [0.2, 0.25) is 19.6 Å². The van der Waals surface area contributed by atoms with Crippen LogP contribution in [0.5, 0.6) is 0 Å². The molecule has 6 heteroatoms. The lowest BCUT2D eigenvalue weighted by Crippen LogP contribution is -2.38. The van der Waals surface area contributed by atoms with Crippen molar-refractivity contribution in [3.8, 4) is 0 Å². The molecule has 0 spiro atoms. The first-order valence-corrected chi connectivity index (χ1v) is 9.10. The highest BCUT2D eigenvalue weighted by atomic mass is 127. The molecule has 0 bridgehead atoms. The minimum Gasteiger partial charge on any atom is -0.239 e. The summed E-state index contributed by atoms with van der Waals surface area (Å²) >= 11 is 6.61. The van der Waals surface area contributed by atoms with Crippen LogP contribution in [-0.4, -0.2) is 23.2 Å². The van der Waals surface area contributed by atoms with Gasteiger partial charge in [0.15, 0.2) is 6.17 Å². The molecule has 0 aliphatic rings. The predicted octanol–water partition coefficient (Wildman–Crippen LogP) is 4.23. The van der Waals surface area contributed by atoms with Gasteiger partial charge in [0.25, 0.3) is 0 Å². The molecule has 0 aliphatic carbocycles. The van der Waals surface area contributed by atoms with Crippen LogP contribution in [0.25, 0.3) is 0 Å². The zero-order valence-electron chi connectivity index (χ0n) is 7.75. The van der Waals surface area contributed by atoms with Gasteiger partial charge in [-0.3, -0.25) is 0 Å². The Labute approximate surface area is 96.4 Å². The normalized spacial score (nSPS) is 18.5. The number of hydrogen-bond acceptors (Lipinski definition) is 0. The van der Waals surface area contributed by atoms with Crippen molar-refractivity contribution in [1.29, 1.82) is 0 Å². The Balaban J connectivity index is 4.15. The van der Waals surface area contributed by atoms with Gasteiger partial charge in [0.05, 0.1) is 8.07 Å². The standard InChI is InChI=1S/C7H13ClF3ISi/c1-13(2,3)6(12)4-5(9)7(8,10)11/h5-6H,4H2,1-3H3. The molecule has 80 valence electrons. The Morgan fingerprint density at radius 2 is 1.77 bits per heavy atom. The highest BCUT2D eigenvalue weighted by molar-refractivity contribution is 14.1. The van der Waals surface area contributed by atoms with Gasteiger partial charge in [0, 0.05) is 3.55 Å². The molecule has 2 unspecified atom stereocenters. The molecule has 0 rings (SSSR count). The fraction of sp³-hybridized carbons (Fsp3) is 1.00. The lowest BCUT2D eigenvalue weighted by atomic mass is 10.3. The van der Waals surface area contributed by atoms with Crippen molar-refractivity contribution >= 4 is 42.3 Å². The molecular formula is C7H13ClF3ISi. The molecule has 0 saturated carbocycles. The van der Waals surface area contributed by atoms with Gasteiger partial charge in [-0.25, -0.2) is 4.39 Å². The lowest BCUT2D eigenvalue weighted by Gasteiger charge is -2.26. The zero-order valence-corrected chi connectivity index (χ0v) is 11.7. The molecule has 0 N–H and O–H groups in total. The molecular weight excluding hydrogens is 332 g/mol. The van der Waals surface area contributed by atoms with Crippen LogP contribution in [0.1, 0.15) is 6.42 Å². The fourth-order valence-electron chi connectivity index (χ4n) is 0.669. The lowest BCUT2D eigenvalue weighted by molar-refractivity contribution is 0.00493. The first-order chi connectivity index (χ1) is 5.55. The molecule has 0 fully saturated rings. The van der Waals surface area contributed by atoms with Gasteiger partial charge >= 0.3 is 5.38 Å². The van der Waals surface area contributed by atoms with Gasteiger partial charge in [0.1, 0.15) is 0 Å². The molecule has 0 aliphatic heterocycles. The Hall–Kier alpha value is 1.03. The van der Waals surface area contributed by atoms with E-state index in [1.807, 2.05) is 42.2 Å². The van der Waals surface area contributed by atoms with Crippen LogP contribution in [-0.2, 0) is 0 Å². The van der Waals surface area contributed by atoms with Crippen LogP contribution >= 0.6 is 34.2 Å². The van der Waals surface area contributed by atoms with Crippen LogP contribution in [0.3, 0.4) is 0 Å². The molecule has 2 atom stereocenters. The second-order valence-electron chi connectivity index (χ2n) is 4.08. The third-order valence-corrected chi connectivity index (χ3v) is 10.2. The zero-order chi connectivity index (χ0) is 10.9. The van der Waals surface area contributed by atoms with Crippen LogP contribution in [0.15, 0.2) is 0 Å². The fourth-order valence-corrected chi connectivity index (χ4v) is 2.12. The van der Waals surface area contributed by atoms with Crippen molar-refractivity contribution < 1.29 is 13.2 Å². The maximum Gasteiger partial charge on any atom is 0.352 e. The van der Waals surface area contributed by atoms with E-state index in [0.717, 1.165) is 0 Å². The van der Waals surface area contributed by atoms with Crippen molar-refractivity contribution in [2.45, 2.75) is 41.2 Å². The van der Waals surface area contributed by atoms with Crippen LogP contribution < -0.4 is 0 Å². The maximum atomic E-state index is 12.8. The van der Waals surface area contributed by atoms with E-state index in [-0.39, 0.29) is 9.97 Å². The van der Waals surface area contributed by atoms with Crippen molar-refractivity contribution in [2.24, 2.45) is 0 Å². The molecule has 0 aromatic rings. The number of hydrogen-bond donors (Lipinski definition) is 0. The first kappa shape index (κ1) is 14.0. The summed E-state index contributed by atoms with van der Waals surface area (Å²) in [5, 5.41) is -3.72. The van der Waals surface area contributed by atoms with Gasteiger partial charge in [-0.15, -0.1) is 0 Å². The molecule has 0 saturated heterocycles. The van der Waals surface area contributed by atoms with E-state index < -0.39 is 19.6 Å². The Morgan fingerprint density at radius 3 is 2.00 bits per heavy atom. The molecule has 0 aromatic carbocycles. The van der Waals surface area contributed by atoms with E-state index in [1.54, 1.807) is 0 Å². The SMILES string of the molecule is C[Si](C)(C)C(I)CC(F)C(F)(F)Cl. The third kappa shape index (κ3) is 5.46. The highest BCUT2D eigenvalue weighted by Gasteiger charge is 2.40. The summed E-state index contributed by atoms with van der Waals surface area (Å²) in [4.78, 5) is 0. The molecule has 0 radical (unpaired) electrons. The summed E-state index contributed by atoms with van der Waals surface area (Å²) in [6.07, 6.45) is -2.39. The van der Waals surface area contributed by atoms with Crippen LogP contribution in [0.4, 0.5) is 13.2 Å². The Morgan fingerprint density at radius 1 is 1.38 bits per heavy atom. The second kappa shape index (κ2) is 4.70. The van der Waals surface area contributed by atoms with E-state index in [0.29, 0.717) is 0 Å². The van der Waals surface area contributed by atoms with Gasteiger partial charge in [-0.2, -0.15) is 8.78 Å². The highest BCUT2D eigenvalue weighted by Crippen LogP contribution is 2.33. The summed E-state index contributed by atoms with van der Waals surface area (Å²) in [6, 6.07) is 0. The molecule has 0 amide bonds. The molecule has 0 aromatic heterocycles. The topological polar surface area (TPSA) is 0 Å². The first-order valence-electron chi connectivity index (χ1n) is 3.90. The predicted molar refractivity (Wildman–Crippen MR) is 61.5 cm³/mol. The summed E-state index contributed by atoms with van der Waals surface area (Å²) in [7, 11) is -1.55. The largest absolute Gasteiger partial charge is 0.352 e. The quantitative estimate of drug-likeness (QED) is 0.407.